The smallest absolute Gasteiger partial charge is 0.408 e. The Balaban J connectivity index is 2.08. The summed E-state index contributed by atoms with van der Waals surface area (Å²) in [5.41, 5.74) is -0.366. The number of halogens is 2. The lowest BCUT2D eigenvalue weighted by Crippen LogP contribution is -2.38. The molecule has 1 amide bonds. The Morgan fingerprint density at radius 3 is 2.64 bits per heavy atom. The number of Topliss-reactive ketones (excluding diaryl/α,β-unsaturated/α-hetero) is 1. The highest BCUT2D eigenvalue weighted by molar-refractivity contribution is 5.96. The van der Waals surface area contributed by atoms with Crippen LogP contribution in [0.2, 0.25) is 0 Å². The van der Waals surface area contributed by atoms with Crippen LogP contribution in [0.5, 0.6) is 0 Å². The number of ether oxygens (including phenoxy) is 1. The third-order valence-electron chi connectivity index (χ3n) is 4.42. The average molecular weight is 389 g/mol. The molecule has 0 saturated carbocycles. The van der Waals surface area contributed by atoms with E-state index >= 15 is 0 Å². The van der Waals surface area contributed by atoms with Crippen molar-refractivity contribution in [3.8, 4) is 0 Å². The van der Waals surface area contributed by atoms with Crippen molar-refractivity contribution in [2.75, 3.05) is 0 Å². The number of aromatic nitrogens is 2. The Morgan fingerprint density at radius 1 is 1.21 bits per heavy atom. The zero-order valence-corrected chi connectivity index (χ0v) is 15.8. The Labute approximate surface area is 161 Å². The van der Waals surface area contributed by atoms with E-state index < -0.39 is 35.3 Å². The molecule has 1 aromatic heterocycles. The molecule has 0 bridgehead atoms. The second-order valence-corrected chi connectivity index (χ2v) is 7.63. The first kappa shape index (κ1) is 19.9. The number of alkyl carbamates (subject to hydrolysis) is 1. The molecule has 1 heterocycles. The Kier molecular flexibility index (Phi) is 5.40. The van der Waals surface area contributed by atoms with Crippen LogP contribution < -0.4 is 5.32 Å². The van der Waals surface area contributed by atoms with Gasteiger partial charge in [0.1, 0.15) is 11.3 Å². The van der Waals surface area contributed by atoms with Gasteiger partial charge < -0.3 is 10.1 Å². The molecule has 6 nitrogen and oxygen atoms in total. The third-order valence-corrected chi connectivity index (χ3v) is 4.42. The molecule has 0 spiro atoms. The van der Waals surface area contributed by atoms with Crippen molar-refractivity contribution in [2.24, 2.45) is 0 Å². The van der Waals surface area contributed by atoms with E-state index in [9.17, 15) is 18.4 Å². The van der Waals surface area contributed by atoms with Gasteiger partial charge in [0.05, 0.1) is 11.7 Å². The number of rotatable bonds is 2. The van der Waals surface area contributed by atoms with E-state index in [2.05, 4.69) is 15.3 Å². The van der Waals surface area contributed by atoms with Gasteiger partial charge in [0.25, 0.3) is 0 Å². The molecule has 3 rings (SSSR count). The number of fused-ring (bicyclic) bond motifs is 1. The van der Waals surface area contributed by atoms with Crippen LogP contribution in [0.1, 0.15) is 67.3 Å². The molecule has 8 heteroatoms. The molecule has 1 aromatic carbocycles. The van der Waals surface area contributed by atoms with Gasteiger partial charge in [-0.05, 0) is 38.8 Å². The average Bonchev–Trinajstić information content (AvgIpc) is 2.74. The molecule has 2 aromatic rings. The Bertz CT molecular complexity index is 912. The lowest BCUT2D eigenvalue weighted by molar-refractivity contribution is 0.0493. The van der Waals surface area contributed by atoms with E-state index in [1.54, 1.807) is 20.8 Å². The van der Waals surface area contributed by atoms with Crippen LogP contribution in [-0.2, 0) is 4.74 Å². The summed E-state index contributed by atoms with van der Waals surface area (Å²) < 4.78 is 33.7. The molecular formula is C20H21F2N3O3. The molecule has 0 aliphatic heterocycles. The first-order valence-corrected chi connectivity index (χ1v) is 8.95. The van der Waals surface area contributed by atoms with E-state index in [1.165, 1.54) is 24.5 Å². The number of hydrogen-bond donors (Lipinski definition) is 1. The van der Waals surface area contributed by atoms with E-state index in [0.717, 1.165) is 6.07 Å². The topological polar surface area (TPSA) is 81.2 Å². The van der Waals surface area contributed by atoms with Gasteiger partial charge in [0.15, 0.2) is 17.4 Å². The van der Waals surface area contributed by atoms with E-state index in [-0.39, 0.29) is 35.6 Å². The fraction of sp³-hybridized carbons (Fsp3) is 0.400. The highest BCUT2D eigenvalue weighted by Crippen LogP contribution is 2.39. The van der Waals surface area contributed by atoms with Gasteiger partial charge in [0, 0.05) is 24.7 Å². The minimum absolute atomic E-state index is 0.0624. The molecule has 28 heavy (non-hydrogen) atoms. The molecule has 0 saturated heterocycles. The molecule has 0 fully saturated rings. The number of nitrogens with one attached hydrogen (secondary N) is 1. The highest BCUT2D eigenvalue weighted by Gasteiger charge is 2.37. The van der Waals surface area contributed by atoms with Gasteiger partial charge in [-0.15, -0.1) is 0 Å². The van der Waals surface area contributed by atoms with Crippen LogP contribution in [-0.4, -0.2) is 27.4 Å². The van der Waals surface area contributed by atoms with E-state index in [1.807, 2.05) is 0 Å². The predicted molar refractivity (Wildman–Crippen MR) is 96.8 cm³/mol. The van der Waals surface area contributed by atoms with Crippen molar-refractivity contribution in [1.29, 1.82) is 0 Å². The summed E-state index contributed by atoms with van der Waals surface area (Å²) in [6.07, 6.45) is 2.28. The minimum atomic E-state index is -1.01. The van der Waals surface area contributed by atoms with Gasteiger partial charge in [0.2, 0.25) is 0 Å². The lowest BCUT2D eigenvalue weighted by atomic mass is 9.86. The summed E-state index contributed by atoms with van der Waals surface area (Å²) in [5, 5.41) is 2.68. The van der Waals surface area contributed by atoms with Crippen LogP contribution in [0.25, 0.3) is 0 Å². The number of benzene rings is 1. The minimum Gasteiger partial charge on any atom is -0.444 e. The quantitative estimate of drug-likeness (QED) is 0.783. The number of ketones is 1. The molecule has 1 N–H and O–H groups in total. The fourth-order valence-corrected chi connectivity index (χ4v) is 3.30. The van der Waals surface area contributed by atoms with Crippen molar-refractivity contribution in [2.45, 2.75) is 51.2 Å². The summed E-state index contributed by atoms with van der Waals surface area (Å²) in [5.74, 6) is -2.99. The Hall–Kier alpha value is -2.90. The fourth-order valence-electron chi connectivity index (χ4n) is 3.30. The number of nitrogens with zero attached hydrogens (tertiary/aromatic N) is 2. The molecule has 148 valence electrons. The maximum absolute atomic E-state index is 14.5. The van der Waals surface area contributed by atoms with Crippen LogP contribution >= 0.6 is 0 Å². The SMILES string of the molecule is CC(C)(C)OC(=O)NC1c2nccnc2C(=O)CCC1c1cccc(F)c1F. The molecule has 1 aliphatic rings. The van der Waals surface area contributed by atoms with Crippen molar-refractivity contribution < 1.29 is 23.1 Å². The van der Waals surface area contributed by atoms with Gasteiger partial charge in [-0.25, -0.2) is 18.6 Å². The summed E-state index contributed by atoms with van der Waals surface area (Å²) in [7, 11) is 0. The van der Waals surface area contributed by atoms with Crippen molar-refractivity contribution in [1.82, 2.24) is 15.3 Å². The van der Waals surface area contributed by atoms with Gasteiger partial charge in [-0.1, -0.05) is 12.1 Å². The maximum Gasteiger partial charge on any atom is 0.408 e. The zero-order valence-electron chi connectivity index (χ0n) is 15.8. The van der Waals surface area contributed by atoms with Crippen LogP contribution in [0.3, 0.4) is 0 Å². The summed E-state index contributed by atoms with van der Waals surface area (Å²) in [6.45, 7) is 5.13. The number of carbonyl (C=O) groups excluding carboxylic acids is 2. The second-order valence-electron chi connectivity index (χ2n) is 7.63. The Morgan fingerprint density at radius 2 is 1.93 bits per heavy atom. The van der Waals surface area contributed by atoms with Crippen LogP contribution in [0.4, 0.5) is 13.6 Å². The summed E-state index contributed by atoms with van der Waals surface area (Å²) >= 11 is 0. The largest absolute Gasteiger partial charge is 0.444 e. The molecule has 2 unspecified atom stereocenters. The molecular weight excluding hydrogens is 368 g/mol. The van der Waals surface area contributed by atoms with Gasteiger partial charge >= 0.3 is 6.09 Å². The third kappa shape index (κ3) is 4.16. The predicted octanol–water partition coefficient (Wildman–Crippen LogP) is 4.08. The zero-order chi connectivity index (χ0) is 20.5. The number of carbonyl (C=O) groups is 2. The first-order chi connectivity index (χ1) is 13.2. The van der Waals surface area contributed by atoms with Crippen molar-refractivity contribution in [3.05, 3.63) is 59.2 Å². The molecule has 0 radical (unpaired) electrons. The summed E-state index contributed by atoms with van der Waals surface area (Å²) in [4.78, 5) is 33.2. The molecule has 2 atom stereocenters. The molecule has 1 aliphatic carbocycles. The maximum atomic E-state index is 14.5. The lowest BCUT2D eigenvalue weighted by Gasteiger charge is -2.28. The van der Waals surface area contributed by atoms with Gasteiger partial charge in [-0.2, -0.15) is 0 Å². The first-order valence-electron chi connectivity index (χ1n) is 8.95. The van der Waals surface area contributed by atoms with E-state index in [4.69, 9.17) is 4.74 Å². The standard InChI is InChI=1S/C20H21F2N3O3/c1-20(2,3)28-19(27)25-16-12(11-5-4-6-13(21)15(11)22)7-8-14(26)17-18(16)24-10-9-23-17/h4-6,9-10,12,16H,7-8H2,1-3H3,(H,25,27). The van der Waals surface area contributed by atoms with Crippen molar-refractivity contribution >= 4 is 11.9 Å². The number of amides is 1. The highest BCUT2D eigenvalue weighted by atomic mass is 19.2. The summed E-state index contributed by atoms with van der Waals surface area (Å²) in [6, 6.07) is 2.95. The normalized spacial score (nSPS) is 19.5. The van der Waals surface area contributed by atoms with Crippen LogP contribution in [0.15, 0.2) is 30.6 Å². The van der Waals surface area contributed by atoms with Gasteiger partial charge in [-0.3, -0.25) is 9.78 Å². The number of hydrogen-bond acceptors (Lipinski definition) is 5. The monoisotopic (exact) mass is 389 g/mol. The van der Waals surface area contributed by atoms with Crippen molar-refractivity contribution in [3.63, 3.8) is 0 Å². The van der Waals surface area contributed by atoms with E-state index in [0.29, 0.717) is 0 Å². The van der Waals surface area contributed by atoms with Crippen LogP contribution in [0, 0.1) is 11.6 Å². The second kappa shape index (κ2) is 7.61.